The number of nitrogens with zero attached hydrogens (tertiary/aromatic N) is 2. The number of aromatic nitrogens is 2. The van der Waals surface area contributed by atoms with Crippen LogP contribution in [0.3, 0.4) is 0 Å². The van der Waals surface area contributed by atoms with Gasteiger partial charge in [-0.25, -0.2) is 4.98 Å². The number of benzene rings is 6. The summed E-state index contributed by atoms with van der Waals surface area (Å²) in [6.07, 6.45) is 1.88. The Morgan fingerprint density at radius 1 is 0.510 bits per heavy atom. The minimum Gasteiger partial charge on any atom is -0.506 e. The fourth-order valence-corrected chi connectivity index (χ4v) is 7.55. The molecule has 0 aliphatic heterocycles. The Kier molecular flexibility index (Phi) is 6.22. The maximum Gasteiger partial charge on any atom is 0.144 e. The van der Waals surface area contributed by atoms with Gasteiger partial charge in [0.05, 0.1) is 27.7 Å². The highest BCUT2D eigenvalue weighted by Crippen LogP contribution is 2.48. The first-order valence-electron chi connectivity index (χ1n) is 17.2. The molecular formula is C46H32N2O3. The highest BCUT2D eigenvalue weighted by Gasteiger charge is 2.24. The molecule has 0 aliphatic rings. The highest BCUT2D eigenvalue weighted by atomic mass is 16.3. The van der Waals surface area contributed by atoms with Crippen LogP contribution < -0.4 is 0 Å². The van der Waals surface area contributed by atoms with E-state index < -0.39 is 0 Å². The van der Waals surface area contributed by atoms with Crippen LogP contribution >= 0.6 is 0 Å². The van der Waals surface area contributed by atoms with Crippen LogP contribution in [0, 0.1) is 0 Å². The topological polar surface area (TPSA) is 72.3 Å². The molecule has 0 saturated heterocycles. The fraction of sp³-hybridized carbons (Fsp3) is 0.0870. The maximum absolute atomic E-state index is 12.2. The van der Waals surface area contributed by atoms with E-state index in [9.17, 15) is 5.11 Å². The van der Waals surface area contributed by atoms with E-state index in [1.807, 2.05) is 60.8 Å². The van der Waals surface area contributed by atoms with Crippen molar-refractivity contribution >= 4 is 65.6 Å². The lowest BCUT2D eigenvalue weighted by molar-refractivity contribution is 0.488. The number of pyridine rings is 2. The number of fused-ring (bicyclic) bond motifs is 11. The molecule has 244 valence electrons. The molecule has 5 nitrogen and oxygen atoms in total. The smallest absolute Gasteiger partial charge is 0.144 e. The summed E-state index contributed by atoms with van der Waals surface area (Å²) >= 11 is 0. The van der Waals surface area contributed by atoms with Gasteiger partial charge in [-0.2, -0.15) is 0 Å². The number of phenolic OH excluding ortho intramolecular Hbond substituents is 1. The van der Waals surface area contributed by atoms with Crippen LogP contribution in [0.1, 0.15) is 26.3 Å². The first kappa shape index (κ1) is 29.5. The molecule has 0 fully saturated rings. The average molecular weight is 661 g/mol. The van der Waals surface area contributed by atoms with Crippen molar-refractivity contribution in [3.8, 4) is 39.4 Å². The number of phenols is 1. The Morgan fingerprint density at radius 3 is 1.96 bits per heavy atom. The number of furan rings is 2. The van der Waals surface area contributed by atoms with Gasteiger partial charge < -0.3 is 13.9 Å². The van der Waals surface area contributed by atoms with Crippen molar-refractivity contribution in [2.45, 2.75) is 26.2 Å². The van der Waals surface area contributed by atoms with Crippen LogP contribution in [0.4, 0.5) is 0 Å². The van der Waals surface area contributed by atoms with Crippen LogP contribution in [0.5, 0.6) is 5.75 Å². The summed E-state index contributed by atoms with van der Waals surface area (Å²) in [6, 6.07) is 43.3. The summed E-state index contributed by atoms with van der Waals surface area (Å²) < 4.78 is 12.8. The van der Waals surface area contributed by atoms with Crippen molar-refractivity contribution in [3.63, 3.8) is 0 Å². The number of hydrogen-bond donors (Lipinski definition) is 1. The normalized spacial score (nSPS) is 12.3. The molecule has 5 heteroatoms. The Labute approximate surface area is 293 Å². The molecule has 0 saturated carbocycles. The van der Waals surface area contributed by atoms with Gasteiger partial charge in [0.1, 0.15) is 28.1 Å². The first-order valence-corrected chi connectivity index (χ1v) is 17.2. The monoisotopic (exact) mass is 660 g/mol. The highest BCUT2D eigenvalue weighted by molar-refractivity contribution is 6.33. The molecule has 4 heterocycles. The Bertz CT molecular complexity index is 3020. The molecule has 0 spiro atoms. The van der Waals surface area contributed by atoms with E-state index in [1.54, 1.807) is 0 Å². The van der Waals surface area contributed by atoms with Crippen molar-refractivity contribution in [2.75, 3.05) is 0 Å². The van der Waals surface area contributed by atoms with Gasteiger partial charge in [-0.05, 0) is 82.8 Å². The van der Waals surface area contributed by atoms with Gasteiger partial charge in [-0.15, -0.1) is 0 Å². The molecule has 6 aromatic carbocycles. The number of para-hydroxylation sites is 2. The minimum atomic E-state index is -0.126. The van der Waals surface area contributed by atoms with Gasteiger partial charge in [0.15, 0.2) is 0 Å². The lowest BCUT2D eigenvalue weighted by atomic mass is 9.84. The van der Waals surface area contributed by atoms with Gasteiger partial charge in [-0.1, -0.05) is 87.5 Å². The predicted molar refractivity (Wildman–Crippen MR) is 208 cm³/mol. The average Bonchev–Trinajstić information content (AvgIpc) is 3.74. The minimum absolute atomic E-state index is 0.126. The van der Waals surface area contributed by atoms with Crippen molar-refractivity contribution in [1.82, 2.24) is 9.97 Å². The van der Waals surface area contributed by atoms with E-state index >= 15 is 0 Å². The molecule has 0 unspecified atom stereocenters. The lowest BCUT2D eigenvalue weighted by Crippen LogP contribution is -2.11. The van der Waals surface area contributed by atoms with Crippen LogP contribution in [0.25, 0.3) is 99.2 Å². The zero-order valence-electron chi connectivity index (χ0n) is 28.4. The Morgan fingerprint density at radius 2 is 1.20 bits per heavy atom. The van der Waals surface area contributed by atoms with Crippen molar-refractivity contribution in [3.05, 3.63) is 139 Å². The standard InChI is InChI=1S/C46H32N2O3/c1-46(2,3)30-22-28(21-29(23-30)36-24-27(19-20-47-36)26-11-5-4-6-12-26)35-18-17-33-40-31-13-7-10-16-38(31)51-45(40)34-25-39-41(44(49)42(34)43(33)48-35)32-14-8-9-15-37(32)50-39/h4-25,49H,1-3H3. The SMILES string of the molecule is CC(C)(C)c1cc(-c2cc(-c3ccccc3)ccn2)cc(-c2ccc3c(n2)c2c(O)c4c(cc2c2oc5ccccc5c32)oc2ccccc24)c1. The lowest BCUT2D eigenvalue weighted by Gasteiger charge is -2.21. The van der Waals surface area contributed by atoms with Gasteiger partial charge in [0.25, 0.3) is 0 Å². The number of hydrogen-bond acceptors (Lipinski definition) is 5. The molecule has 4 aromatic heterocycles. The van der Waals surface area contributed by atoms with Gasteiger partial charge in [0, 0.05) is 44.3 Å². The summed E-state index contributed by atoms with van der Waals surface area (Å²) in [5, 5.41) is 18.0. The van der Waals surface area contributed by atoms with E-state index in [0.29, 0.717) is 33.0 Å². The Hall–Kier alpha value is -6.46. The third-order valence-electron chi connectivity index (χ3n) is 10.1. The zero-order valence-corrected chi connectivity index (χ0v) is 28.4. The second kappa shape index (κ2) is 10.8. The van der Waals surface area contributed by atoms with Crippen LogP contribution in [0.15, 0.2) is 142 Å². The largest absolute Gasteiger partial charge is 0.506 e. The number of rotatable bonds is 3. The van der Waals surface area contributed by atoms with Gasteiger partial charge in [-0.3, -0.25) is 4.98 Å². The van der Waals surface area contributed by atoms with Crippen molar-refractivity contribution in [2.24, 2.45) is 0 Å². The summed E-state index contributed by atoms with van der Waals surface area (Å²) in [7, 11) is 0. The van der Waals surface area contributed by atoms with Crippen LogP contribution in [-0.2, 0) is 5.41 Å². The molecule has 0 amide bonds. The van der Waals surface area contributed by atoms with E-state index in [4.69, 9.17) is 18.8 Å². The van der Waals surface area contributed by atoms with Crippen molar-refractivity contribution in [1.29, 1.82) is 0 Å². The second-order valence-corrected chi connectivity index (χ2v) is 14.4. The predicted octanol–water partition coefficient (Wildman–Crippen LogP) is 12.6. The van der Waals surface area contributed by atoms with Crippen molar-refractivity contribution < 1.29 is 13.9 Å². The molecule has 1 N–H and O–H groups in total. The molecule has 0 aliphatic carbocycles. The quantitative estimate of drug-likeness (QED) is 0.191. The molecule has 10 aromatic rings. The second-order valence-electron chi connectivity index (χ2n) is 14.4. The van der Waals surface area contributed by atoms with Gasteiger partial charge in [0.2, 0.25) is 0 Å². The molecule has 0 bridgehead atoms. The van der Waals surface area contributed by atoms with Crippen LogP contribution in [-0.4, -0.2) is 15.1 Å². The number of aromatic hydroxyl groups is 1. The van der Waals surface area contributed by atoms with Crippen LogP contribution in [0.2, 0.25) is 0 Å². The zero-order chi connectivity index (χ0) is 34.4. The molecule has 51 heavy (non-hydrogen) atoms. The fourth-order valence-electron chi connectivity index (χ4n) is 7.55. The molecule has 10 rings (SSSR count). The van der Waals surface area contributed by atoms with E-state index in [-0.39, 0.29) is 11.2 Å². The molecule has 0 atom stereocenters. The summed E-state index contributed by atoms with van der Waals surface area (Å²) in [5.41, 5.74) is 10.5. The third-order valence-corrected chi connectivity index (χ3v) is 10.1. The summed E-state index contributed by atoms with van der Waals surface area (Å²) in [5.74, 6) is 0.135. The third kappa shape index (κ3) is 4.55. The molecular weight excluding hydrogens is 629 g/mol. The first-order chi connectivity index (χ1) is 24.8. The summed E-state index contributed by atoms with van der Waals surface area (Å²) in [4.78, 5) is 10.2. The van der Waals surface area contributed by atoms with E-state index in [2.05, 4.69) is 93.6 Å². The van der Waals surface area contributed by atoms with E-state index in [1.165, 1.54) is 5.56 Å². The van der Waals surface area contributed by atoms with E-state index in [0.717, 1.165) is 66.2 Å². The Balaban J connectivity index is 1.27. The molecule has 0 radical (unpaired) electrons. The van der Waals surface area contributed by atoms with Gasteiger partial charge >= 0.3 is 0 Å². The summed E-state index contributed by atoms with van der Waals surface area (Å²) in [6.45, 7) is 6.68. The maximum atomic E-state index is 12.2.